The number of rotatable bonds is 6. The maximum absolute atomic E-state index is 11.8. The molecule has 4 N–H and O–H groups in total. The van der Waals surface area contributed by atoms with Crippen LogP contribution < -0.4 is 15.4 Å². The smallest absolute Gasteiger partial charge is 0.237 e. The first-order valence-electron chi connectivity index (χ1n) is 7.11. The highest BCUT2D eigenvalue weighted by Gasteiger charge is 2.27. The fraction of sp³-hybridized carbons (Fsp3) is 0.533. The Kier molecular flexibility index (Phi) is 5.55. The molecule has 6 nitrogen and oxygen atoms in total. The fourth-order valence-electron chi connectivity index (χ4n) is 2.21. The molecule has 1 saturated heterocycles. The van der Waals surface area contributed by atoms with Gasteiger partial charge in [-0.3, -0.25) is 4.79 Å². The van der Waals surface area contributed by atoms with Crippen LogP contribution >= 0.6 is 0 Å². The SMILES string of the molecule is Cc1cccc(OCC(O)CNC(=O)C2CC(O)CN2)c1. The van der Waals surface area contributed by atoms with Crippen LogP contribution in [0.3, 0.4) is 0 Å². The first-order valence-corrected chi connectivity index (χ1v) is 7.11. The van der Waals surface area contributed by atoms with Crippen LogP contribution in [0.4, 0.5) is 0 Å². The molecule has 0 saturated carbocycles. The molecule has 1 fully saturated rings. The number of nitrogens with one attached hydrogen (secondary N) is 2. The summed E-state index contributed by atoms with van der Waals surface area (Å²) >= 11 is 0. The van der Waals surface area contributed by atoms with Gasteiger partial charge in [-0.05, 0) is 31.0 Å². The number of aliphatic hydroxyl groups excluding tert-OH is 2. The first kappa shape index (κ1) is 15.8. The van der Waals surface area contributed by atoms with Gasteiger partial charge in [-0.25, -0.2) is 0 Å². The molecule has 6 heteroatoms. The van der Waals surface area contributed by atoms with Crippen molar-refractivity contribution in [3.63, 3.8) is 0 Å². The quantitative estimate of drug-likeness (QED) is 0.572. The molecule has 0 radical (unpaired) electrons. The lowest BCUT2D eigenvalue weighted by atomic mass is 10.2. The molecule has 1 aliphatic rings. The largest absolute Gasteiger partial charge is 0.491 e. The molecular formula is C15H22N2O4. The van der Waals surface area contributed by atoms with Crippen molar-refractivity contribution in [2.24, 2.45) is 0 Å². The number of aryl methyl sites for hydroxylation is 1. The van der Waals surface area contributed by atoms with Gasteiger partial charge in [0.2, 0.25) is 5.91 Å². The number of aliphatic hydroxyl groups is 2. The van der Waals surface area contributed by atoms with E-state index in [4.69, 9.17) is 4.74 Å². The zero-order chi connectivity index (χ0) is 15.2. The van der Waals surface area contributed by atoms with Crippen molar-refractivity contribution in [1.29, 1.82) is 0 Å². The summed E-state index contributed by atoms with van der Waals surface area (Å²) in [5, 5.41) is 24.7. The van der Waals surface area contributed by atoms with Gasteiger partial charge >= 0.3 is 0 Å². The zero-order valence-electron chi connectivity index (χ0n) is 12.1. The fourth-order valence-corrected chi connectivity index (χ4v) is 2.21. The van der Waals surface area contributed by atoms with Crippen molar-refractivity contribution < 1.29 is 19.7 Å². The van der Waals surface area contributed by atoms with Crippen LogP contribution in [-0.2, 0) is 4.79 Å². The average Bonchev–Trinajstić information content (AvgIpc) is 2.89. The Morgan fingerprint density at radius 1 is 1.57 bits per heavy atom. The van der Waals surface area contributed by atoms with E-state index < -0.39 is 12.2 Å². The molecule has 1 aromatic rings. The number of carbonyl (C=O) groups is 1. The summed E-state index contributed by atoms with van der Waals surface area (Å²) in [7, 11) is 0. The highest BCUT2D eigenvalue weighted by atomic mass is 16.5. The van der Waals surface area contributed by atoms with Gasteiger partial charge in [0.15, 0.2) is 0 Å². The summed E-state index contributed by atoms with van der Waals surface area (Å²) < 4.78 is 5.47. The number of hydrogen-bond donors (Lipinski definition) is 4. The van der Waals surface area contributed by atoms with Crippen LogP contribution in [0.5, 0.6) is 5.75 Å². The number of hydrogen-bond acceptors (Lipinski definition) is 5. The molecule has 0 spiro atoms. The molecule has 21 heavy (non-hydrogen) atoms. The highest BCUT2D eigenvalue weighted by Crippen LogP contribution is 2.12. The Morgan fingerprint density at radius 2 is 2.38 bits per heavy atom. The minimum atomic E-state index is -0.777. The van der Waals surface area contributed by atoms with Gasteiger partial charge in [-0.15, -0.1) is 0 Å². The first-order chi connectivity index (χ1) is 10.0. The highest BCUT2D eigenvalue weighted by molar-refractivity contribution is 5.82. The predicted molar refractivity (Wildman–Crippen MR) is 78.1 cm³/mol. The molecule has 116 valence electrons. The summed E-state index contributed by atoms with van der Waals surface area (Å²) in [5.74, 6) is 0.488. The maximum Gasteiger partial charge on any atom is 0.237 e. The lowest BCUT2D eigenvalue weighted by Gasteiger charge is -2.15. The predicted octanol–water partition coefficient (Wildman–Crippen LogP) is -0.426. The van der Waals surface area contributed by atoms with Gasteiger partial charge in [0, 0.05) is 13.1 Å². The third-order valence-electron chi connectivity index (χ3n) is 3.37. The number of benzene rings is 1. The summed E-state index contributed by atoms with van der Waals surface area (Å²) in [6, 6.07) is 7.17. The minimum Gasteiger partial charge on any atom is -0.491 e. The standard InChI is InChI=1S/C15H22N2O4/c1-10-3-2-4-13(5-10)21-9-12(19)8-17-15(20)14-6-11(18)7-16-14/h2-5,11-12,14,16,18-19H,6-9H2,1H3,(H,17,20). The maximum atomic E-state index is 11.8. The van der Waals surface area contributed by atoms with E-state index in [2.05, 4.69) is 10.6 Å². The second-order valence-electron chi connectivity index (χ2n) is 5.38. The van der Waals surface area contributed by atoms with Crippen molar-refractivity contribution >= 4 is 5.91 Å². The third-order valence-corrected chi connectivity index (χ3v) is 3.37. The summed E-state index contributed by atoms with van der Waals surface area (Å²) in [5.41, 5.74) is 1.08. The molecule has 0 aliphatic carbocycles. The van der Waals surface area contributed by atoms with Gasteiger partial charge in [0.05, 0.1) is 12.1 Å². The van der Waals surface area contributed by atoms with E-state index in [0.29, 0.717) is 18.7 Å². The van der Waals surface area contributed by atoms with Gasteiger partial charge < -0.3 is 25.6 Å². The van der Waals surface area contributed by atoms with Crippen LogP contribution in [0.15, 0.2) is 24.3 Å². The van der Waals surface area contributed by atoms with Gasteiger partial charge in [0.25, 0.3) is 0 Å². The Morgan fingerprint density at radius 3 is 3.05 bits per heavy atom. The molecule has 0 bridgehead atoms. The van der Waals surface area contributed by atoms with E-state index in [1.54, 1.807) is 0 Å². The van der Waals surface area contributed by atoms with Crippen LogP contribution in [-0.4, -0.2) is 54.1 Å². The Bertz CT molecular complexity index is 480. The molecule has 3 unspecified atom stereocenters. The van der Waals surface area contributed by atoms with Crippen LogP contribution in [0.1, 0.15) is 12.0 Å². The monoisotopic (exact) mass is 294 g/mol. The van der Waals surface area contributed by atoms with Crippen molar-refractivity contribution in [2.75, 3.05) is 19.7 Å². The van der Waals surface area contributed by atoms with Gasteiger partial charge in [-0.2, -0.15) is 0 Å². The van der Waals surface area contributed by atoms with Crippen molar-refractivity contribution in [2.45, 2.75) is 31.6 Å². The normalized spacial score (nSPS) is 22.8. The zero-order valence-corrected chi connectivity index (χ0v) is 12.1. The topological polar surface area (TPSA) is 90.8 Å². The van der Waals surface area contributed by atoms with Crippen molar-refractivity contribution in [1.82, 2.24) is 10.6 Å². The Labute approximate surface area is 124 Å². The summed E-state index contributed by atoms with van der Waals surface area (Å²) in [6.07, 6.45) is -0.849. The molecule has 3 atom stereocenters. The number of carbonyl (C=O) groups excluding carboxylic acids is 1. The number of ether oxygens (including phenoxy) is 1. The van der Waals surface area contributed by atoms with Gasteiger partial charge in [0.1, 0.15) is 18.5 Å². The summed E-state index contributed by atoms with van der Waals surface area (Å²) in [4.78, 5) is 11.8. The molecule has 1 heterocycles. The second-order valence-corrected chi connectivity index (χ2v) is 5.38. The lowest BCUT2D eigenvalue weighted by molar-refractivity contribution is -0.123. The second kappa shape index (κ2) is 7.40. The Hall–Kier alpha value is -1.63. The number of β-amino-alcohol motifs (C(OH)–C–C–N with tert-alkyl or cyclic N) is 1. The molecule has 1 amide bonds. The van der Waals surface area contributed by atoms with Gasteiger partial charge in [-0.1, -0.05) is 12.1 Å². The van der Waals surface area contributed by atoms with Crippen molar-refractivity contribution in [3.8, 4) is 5.75 Å². The molecule has 1 aromatic carbocycles. The van der Waals surface area contributed by atoms with Crippen LogP contribution in [0, 0.1) is 6.92 Å². The third kappa shape index (κ3) is 5.00. The van der Waals surface area contributed by atoms with E-state index in [0.717, 1.165) is 5.56 Å². The van der Waals surface area contributed by atoms with E-state index in [1.807, 2.05) is 31.2 Å². The van der Waals surface area contributed by atoms with Crippen LogP contribution in [0.25, 0.3) is 0 Å². The minimum absolute atomic E-state index is 0.116. The van der Waals surface area contributed by atoms with Crippen LogP contribution in [0.2, 0.25) is 0 Å². The molecule has 2 rings (SSSR count). The molecule has 1 aliphatic heterocycles. The van der Waals surface area contributed by atoms with E-state index in [1.165, 1.54) is 0 Å². The lowest BCUT2D eigenvalue weighted by Crippen LogP contribution is -2.44. The van der Waals surface area contributed by atoms with E-state index >= 15 is 0 Å². The van der Waals surface area contributed by atoms with E-state index in [9.17, 15) is 15.0 Å². The average molecular weight is 294 g/mol. The Balaban J connectivity index is 1.67. The molecular weight excluding hydrogens is 272 g/mol. The molecule has 0 aromatic heterocycles. The van der Waals surface area contributed by atoms with Crippen molar-refractivity contribution in [3.05, 3.63) is 29.8 Å². The van der Waals surface area contributed by atoms with E-state index in [-0.39, 0.29) is 25.1 Å². The summed E-state index contributed by atoms with van der Waals surface area (Å²) in [6.45, 7) is 2.63. The number of amides is 1.